The second-order valence-corrected chi connectivity index (χ2v) is 4.48. The minimum Gasteiger partial charge on any atom is -0.380 e. The molecule has 3 heteroatoms. The number of fused-ring (bicyclic) bond motifs is 1. The summed E-state index contributed by atoms with van der Waals surface area (Å²) in [5.41, 5.74) is 4.75. The molecule has 0 unspecified atom stereocenters. The SMILES string of the molecule is Cc1cccc(CNc2cccc3[nH]ncc23)c1. The molecule has 0 fully saturated rings. The topological polar surface area (TPSA) is 40.7 Å². The third-order valence-electron chi connectivity index (χ3n) is 3.05. The van der Waals surface area contributed by atoms with Crippen LogP contribution in [0.2, 0.25) is 0 Å². The van der Waals surface area contributed by atoms with Crippen LogP contribution in [0.3, 0.4) is 0 Å². The Bertz CT molecular complexity index is 670. The van der Waals surface area contributed by atoms with Crippen molar-refractivity contribution in [1.82, 2.24) is 10.2 Å². The quantitative estimate of drug-likeness (QED) is 0.732. The number of hydrogen-bond donors (Lipinski definition) is 2. The largest absolute Gasteiger partial charge is 0.380 e. The Morgan fingerprint density at radius 1 is 1.17 bits per heavy atom. The van der Waals surface area contributed by atoms with Crippen LogP contribution in [-0.2, 0) is 6.54 Å². The first-order chi connectivity index (χ1) is 8.83. The van der Waals surface area contributed by atoms with Crippen LogP contribution in [0.4, 0.5) is 5.69 Å². The van der Waals surface area contributed by atoms with E-state index in [0.717, 1.165) is 23.1 Å². The number of hydrogen-bond acceptors (Lipinski definition) is 2. The van der Waals surface area contributed by atoms with E-state index in [-0.39, 0.29) is 0 Å². The van der Waals surface area contributed by atoms with Gasteiger partial charge in [0.15, 0.2) is 0 Å². The summed E-state index contributed by atoms with van der Waals surface area (Å²) in [4.78, 5) is 0. The summed E-state index contributed by atoms with van der Waals surface area (Å²) >= 11 is 0. The van der Waals surface area contributed by atoms with Gasteiger partial charge in [0.25, 0.3) is 0 Å². The summed E-state index contributed by atoms with van der Waals surface area (Å²) in [6, 6.07) is 14.7. The molecule has 0 atom stereocenters. The maximum Gasteiger partial charge on any atom is 0.0671 e. The molecule has 2 N–H and O–H groups in total. The Morgan fingerprint density at radius 3 is 2.94 bits per heavy atom. The van der Waals surface area contributed by atoms with E-state index in [1.807, 2.05) is 18.3 Å². The number of aromatic nitrogens is 2. The van der Waals surface area contributed by atoms with Gasteiger partial charge in [0.05, 0.1) is 11.7 Å². The highest BCUT2D eigenvalue weighted by Crippen LogP contribution is 2.21. The van der Waals surface area contributed by atoms with E-state index in [0.29, 0.717) is 0 Å². The summed E-state index contributed by atoms with van der Waals surface area (Å²) in [5.74, 6) is 0. The maximum absolute atomic E-state index is 4.07. The lowest BCUT2D eigenvalue weighted by atomic mass is 10.1. The van der Waals surface area contributed by atoms with E-state index in [1.165, 1.54) is 11.1 Å². The zero-order valence-corrected chi connectivity index (χ0v) is 10.3. The minimum atomic E-state index is 0.825. The predicted octanol–water partition coefficient (Wildman–Crippen LogP) is 3.48. The van der Waals surface area contributed by atoms with Gasteiger partial charge in [0, 0.05) is 17.6 Å². The molecule has 18 heavy (non-hydrogen) atoms. The number of nitrogens with zero attached hydrogens (tertiary/aromatic N) is 1. The summed E-state index contributed by atoms with van der Waals surface area (Å²) in [5, 5.41) is 11.6. The molecule has 1 aromatic heterocycles. The molecule has 0 aliphatic rings. The van der Waals surface area contributed by atoms with Crippen molar-refractivity contribution in [2.45, 2.75) is 13.5 Å². The van der Waals surface area contributed by atoms with Crippen molar-refractivity contribution in [1.29, 1.82) is 0 Å². The van der Waals surface area contributed by atoms with Gasteiger partial charge < -0.3 is 5.32 Å². The first-order valence-corrected chi connectivity index (χ1v) is 6.04. The van der Waals surface area contributed by atoms with E-state index in [9.17, 15) is 0 Å². The Labute approximate surface area is 106 Å². The Morgan fingerprint density at radius 2 is 2.06 bits per heavy atom. The summed E-state index contributed by atoms with van der Waals surface area (Å²) < 4.78 is 0. The Balaban J connectivity index is 1.83. The third kappa shape index (κ3) is 2.07. The van der Waals surface area contributed by atoms with Gasteiger partial charge in [-0.05, 0) is 24.6 Å². The zero-order chi connectivity index (χ0) is 12.4. The average Bonchev–Trinajstić information content (AvgIpc) is 2.85. The Hall–Kier alpha value is -2.29. The van der Waals surface area contributed by atoms with Crippen LogP contribution in [0.15, 0.2) is 48.7 Å². The van der Waals surface area contributed by atoms with E-state index >= 15 is 0 Å². The van der Waals surface area contributed by atoms with Crippen LogP contribution < -0.4 is 5.32 Å². The van der Waals surface area contributed by atoms with Crippen molar-refractivity contribution < 1.29 is 0 Å². The highest BCUT2D eigenvalue weighted by Gasteiger charge is 2.01. The molecule has 0 amide bonds. The van der Waals surface area contributed by atoms with Crippen molar-refractivity contribution >= 4 is 16.6 Å². The molecule has 0 bridgehead atoms. The van der Waals surface area contributed by atoms with Crippen LogP contribution in [0.5, 0.6) is 0 Å². The third-order valence-corrected chi connectivity index (χ3v) is 3.05. The van der Waals surface area contributed by atoms with Gasteiger partial charge in [-0.3, -0.25) is 5.10 Å². The maximum atomic E-state index is 4.07. The van der Waals surface area contributed by atoms with Crippen LogP contribution in [0, 0.1) is 6.92 Å². The molecular formula is C15H15N3. The number of rotatable bonds is 3. The fourth-order valence-corrected chi connectivity index (χ4v) is 2.14. The number of benzene rings is 2. The monoisotopic (exact) mass is 237 g/mol. The van der Waals surface area contributed by atoms with E-state index in [2.05, 4.69) is 52.8 Å². The Kier molecular flexibility index (Phi) is 2.73. The molecule has 0 aliphatic heterocycles. The molecule has 3 nitrogen and oxygen atoms in total. The standard InChI is InChI=1S/C15H15N3/c1-11-4-2-5-12(8-11)9-16-14-6-3-7-15-13(14)10-17-18-15/h2-8,10,16H,9H2,1H3,(H,17,18). The predicted molar refractivity (Wildman–Crippen MR) is 74.6 cm³/mol. The number of H-pyrrole nitrogens is 1. The lowest BCUT2D eigenvalue weighted by Crippen LogP contribution is -1.99. The van der Waals surface area contributed by atoms with Crippen LogP contribution in [0.1, 0.15) is 11.1 Å². The van der Waals surface area contributed by atoms with Crippen LogP contribution in [0.25, 0.3) is 10.9 Å². The fourth-order valence-electron chi connectivity index (χ4n) is 2.14. The molecule has 3 aromatic rings. The average molecular weight is 237 g/mol. The van der Waals surface area contributed by atoms with Crippen LogP contribution in [-0.4, -0.2) is 10.2 Å². The number of anilines is 1. The molecule has 3 rings (SSSR count). The van der Waals surface area contributed by atoms with Crippen molar-refractivity contribution in [3.05, 3.63) is 59.8 Å². The van der Waals surface area contributed by atoms with Crippen LogP contribution >= 0.6 is 0 Å². The summed E-state index contributed by atoms with van der Waals surface area (Å²) in [6.07, 6.45) is 1.86. The van der Waals surface area contributed by atoms with Gasteiger partial charge in [-0.15, -0.1) is 0 Å². The fraction of sp³-hybridized carbons (Fsp3) is 0.133. The molecule has 0 aliphatic carbocycles. The van der Waals surface area contributed by atoms with Crippen molar-refractivity contribution in [2.24, 2.45) is 0 Å². The van der Waals surface area contributed by atoms with Gasteiger partial charge in [-0.25, -0.2) is 0 Å². The molecule has 90 valence electrons. The number of nitrogens with one attached hydrogen (secondary N) is 2. The highest BCUT2D eigenvalue weighted by atomic mass is 15.1. The highest BCUT2D eigenvalue weighted by molar-refractivity contribution is 5.90. The van der Waals surface area contributed by atoms with Crippen molar-refractivity contribution in [2.75, 3.05) is 5.32 Å². The summed E-state index contributed by atoms with van der Waals surface area (Å²) in [7, 11) is 0. The number of aromatic amines is 1. The first-order valence-electron chi connectivity index (χ1n) is 6.04. The second kappa shape index (κ2) is 4.53. The molecule has 0 spiro atoms. The van der Waals surface area contributed by atoms with Gasteiger partial charge in [0.1, 0.15) is 0 Å². The van der Waals surface area contributed by atoms with Gasteiger partial charge in [-0.1, -0.05) is 35.9 Å². The van der Waals surface area contributed by atoms with Gasteiger partial charge >= 0.3 is 0 Å². The molecule has 2 aromatic carbocycles. The smallest absolute Gasteiger partial charge is 0.0671 e. The summed E-state index contributed by atoms with van der Waals surface area (Å²) in [6.45, 7) is 2.94. The zero-order valence-electron chi connectivity index (χ0n) is 10.3. The van der Waals surface area contributed by atoms with E-state index in [4.69, 9.17) is 0 Å². The van der Waals surface area contributed by atoms with E-state index < -0.39 is 0 Å². The van der Waals surface area contributed by atoms with Gasteiger partial charge in [0.2, 0.25) is 0 Å². The molecule has 0 saturated heterocycles. The lowest BCUT2D eigenvalue weighted by Gasteiger charge is -2.08. The molecule has 0 radical (unpaired) electrons. The molecular weight excluding hydrogens is 222 g/mol. The first kappa shape index (κ1) is 10.8. The second-order valence-electron chi connectivity index (χ2n) is 4.48. The number of aryl methyl sites for hydroxylation is 1. The lowest BCUT2D eigenvalue weighted by molar-refractivity contribution is 1.12. The van der Waals surface area contributed by atoms with Gasteiger partial charge in [-0.2, -0.15) is 5.10 Å². The normalized spacial score (nSPS) is 10.7. The molecule has 1 heterocycles. The van der Waals surface area contributed by atoms with Crippen molar-refractivity contribution in [3.63, 3.8) is 0 Å². The minimum absolute atomic E-state index is 0.825. The van der Waals surface area contributed by atoms with Crippen molar-refractivity contribution in [3.8, 4) is 0 Å². The van der Waals surface area contributed by atoms with E-state index in [1.54, 1.807) is 0 Å². The molecule has 0 saturated carbocycles.